The minimum Gasteiger partial charge on any atom is -0.395 e. The number of carbonyl (C=O) groups excluding carboxylic acids is 2. The Morgan fingerprint density at radius 1 is 1.41 bits per heavy atom. The third-order valence-corrected chi connectivity index (χ3v) is 3.53. The van der Waals surface area contributed by atoms with Gasteiger partial charge in [0.15, 0.2) is 0 Å². The number of aliphatic hydroxyl groups is 1. The molecule has 2 aliphatic heterocycles. The lowest BCUT2D eigenvalue weighted by Crippen LogP contribution is -2.37. The second kappa shape index (κ2) is 4.58. The quantitative estimate of drug-likeness (QED) is 0.551. The molecule has 2 fully saturated rings. The summed E-state index contributed by atoms with van der Waals surface area (Å²) >= 11 is 0. The lowest BCUT2D eigenvalue weighted by Gasteiger charge is -2.19. The molecule has 0 aromatic rings. The van der Waals surface area contributed by atoms with Crippen molar-refractivity contribution in [3.63, 3.8) is 0 Å². The third-order valence-electron chi connectivity index (χ3n) is 3.53. The van der Waals surface area contributed by atoms with E-state index in [2.05, 4.69) is 6.58 Å². The number of imide groups is 1. The Morgan fingerprint density at radius 3 is 2.59 bits per heavy atom. The number of β-amino-alcohol motifs (C(OH)–C–C–N with tert-alkyl or cyclic N) is 1. The number of nitrogens with zero attached hydrogens (tertiary/aromatic N) is 1. The number of fused-ring (bicyclic) bond motifs is 1. The minimum atomic E-state index is -0.448. The fourth-order valence-corrected chi connectivity index (χ4v) is 2.75. The summed E-state index contributed by atoms with van der Waals surface area (Å²) in [4.78, 5) is 25.3. The van der Waals surface area contributed by atoms with Crippen molar-refractivity contribution in [2.24, 2.45) is 11.8 Å². The second-order valence-electron chi connectivity index (χ2n) is 4.39. The van der Waals surface area contributed by atoms with E-state index in [0.29, 0.717) is 6.42 Å². The van der Waals surface area contributed by atoms with Crippen LogP contribution in [-0.2, 0) is 14.3 Å². The van der Waals surface area contributed by atoms with Crippen molar-refractivity contribution in [2.75, 3.05) is 13.2 Å². The fraction of sp³-hybridized carbons (Fsp3) is 0.667. The predicted octanol–water partition coefficient (Wildman–Crippen LogP) is -0.0567. The molecule has 0 saturated carbocycles. The summed E-state index contributed by atoms with van der Waals surface area (Å²) in [6.07, 6.45) is 1.67. The molecule has 2 aliphatic rings. The molecule has 5 nitrogen and oxygen atoms in total. The largest absolute Gasteiger partial charge is 0.395 e. The summed E-state index contributed by atoms with van der Waals surface area (Å²) in [7, 11) is 0. The highest BCUT2D eigenvalue weighted by molar-refractivity contribution is 6.06. The van der Waals surface area contributed by atoms with E-state index >= 15 is 0 Å². The lowest BCUT2D eigenvalue weighted by atomic mass is 9.88. The Bertz CT molecular complexity index is 354. The SMILES string of the molecule is C=CC1OC(CC)[C@H]2C(=O)N(CCO)C(=O)[C@@H]12. The van der Waals surface area contributed by atoms with Crippen LogP contribution in [0.1, 0.15) is 13.3 Å². The van der Waals surface area contributed by atoms with Gasteiger partial charge in [-0.3, -0.25) is 14.5 Å². The maximum Gasteiger partial charge on any atom is 0.236 e. The monoisotopic (exact) mass is 239 g/mol. The molecule has 0 radical (unpaired) electrons. The van der Waals surface area contributed by atoms with Crippen LogP contribution in [0.25, 0.3) is 0 Å². The molecule has 0 bridgehead atoms. The number of likely N-dealkylation sites (tertiary alicyclic amines) is 1. The van der Waals surface area contributed by atoms with E-state index in [1.807, 2.05) is 6.92 Å². The molecule has 1 N–H and O–H groups in total. The highest BCUT2D eigenvalue weighted by atomic mass is 16.5. The van der Waals surface area contributed by atoms with Gasteiger partial charge >= 0.3 is 0 Å². The van der Waals surface area contributed by atoms with E-state index < -0.39 is 11.8 Å². The molecule has 2 rings (SSSR count). The van der Waals surface area contributed by atoms with Crippen molar-refractivity contribution in [1.82, 2.24) is 4.90 Å². The number of rotatable bonds is 4. The van der Waals surface area contributed by atoms with Crippen LogP contribution in [-0.4, -0.2) is 47.2 Å². The minimum absolute atomic E-state index is 0.0744. The van der Waals surface area contributed by atoms with Gasteiger partial charge in [-0.1, -0.05) is 13.0 Å². The van der Waals surface area contributed by atoms with E-state index in [0.717, 1.165) is 4.90 Å². The van der Waals surface area contributed by atoms with Crippen molar-refractivity contribution >= 4 is 11.8 Å². The molecule has 4 atom stereocenters. The molecule has 0 aromatic carbocycles. The first-order chi connectivity index (χ1) is 8.15. The van der Waals surface area contributed by atoms with Gasteiger partial charge in [0.25, 0.3) is 0 Å². The summed E-state index contributed by atoms with van der Waals surface area (Å²) in [5.41, 5.74) is 0. The normalized spacial score (nSPS) is 36.5. The van der Waals surface area contributed by atoms with Gasteiger partial charge in [0.2, 0.25) is 11.8 Å². The Morgan fingerprint density at radius 2 is 2.06 bits per heavy atom. The van der Waals surface area contributed by atoms with Crippen molar-refractivity contribution in [2.45, 2.75) is 25.6 Å². The number of ether oxygens (including phenoxy) is 1. The Balaban J connectivity index is 2.29. The number of hydrogen-bond donors (Lipinski definition) is 1. The Labute approximate surface area is 100 Å². The average Bonchev–Trinajstić information content (AvgIpc) is 2.82. The van der Waals surface area contributed by atoms with E-state index in [1.165, 1.54) is 0 Å². The van der Waals surface area contributed by atoms with Crippen LogP contribution in [0.4, 0.5) is 0 Å². The summed E-state index contributed by atoms with van der Waals surface area (Å²) in [5, 5.41) is 8.87. The molecule has 0 spiro atoms. The van der Waals surface area contributed by atoms with Crippen LogP contribution in [0.2, 0.25) is 0 Å². The average molecular weight is 239 g/mol. The first-order valence-corrected chi connectivity index (χ1v) is 5.89. The van der Waals surface area contributed by atoms with E-state index in [1.54, 1.807) is 6.08 Å². The van der Waals surface area contributed by atoms with Gasteiger partial charge in [-0.2, -0.15) is 0 Å². The molecular formula is C12H17NO4. The summed E-state index contributed by atoms with van der Waals surface area (Å²) in [6, 6.07) is 0. The van der Waals surface area contributed by atoms with Crippen molar-refractivity contribution < 1.29 is 19.4 Å². The van der Waals surface area contributed by atoms with Gasteiger partial charge in [0.1, 0.15) is 0 Å². The zero-order chi connectivity index (χ0) is 12.6. The molecule has 94 valence electrons. The molecule has 2 amide bonds. The molecule has 2 saturated heterocycles. The van der Waals surface area contributed by atoms with Gasteiger partial charge < -0.3 is 9.84 Å². The maximum absolute atomic E-state index is 12.1. The molecular weight excluding hydrogens is 222 g/mol. The van der Waals surface area contributed by atoms with E-state index in [9.17, 15) is 9.59 Å². The van der Waals surface area contributed by atoms with E-state index in [4.69, 9.17) is 9.84 Å². The summed E-state index contributed by atoms with van der Waals surface area (Å²) < 4.78 is 5.65. The van der Waals surface area contributed by atoms with Crippen LogP contribution < -0.4 is 0 Å². The molecule has 0 aliphatic carbocycles. The van der Waals surface area contributed by atoms with E-state index in [-0.39, 0.29) is 37.2 Å². The van der Waals surface area contributed by atoms with Crippen LogP contribution in [0.15, 0.2) is 12.7 Å². The summed E-state index contributed by atoms with van der Waals surface area (Å²) in [5.74, 6) is -1.31. The van der Waals surface area contributed by atoms with Crippen molar-refractivity contribution in [3.05, 3.63) is 12.7 Å². The number of hydrogen-bond acceptors (Lipinski definition) is 4. The topological polar surface area (TPSA) is 66.8 Å². The molecule has 2 heterocycles. The third kappa shape index (κ3) is 1.70. The second-order valence-corrected chi connectivity index (χ2v) is 4.39. The zero-order valence-electron chi connectivity index (χ0n) is 9.83. The zero-order valence-corrected chi connectivity index (χ0v) is 9.83. The van der Waals surface area contributed by atoms with Crippen molar-refractivity contribution in [3.8, 4) is 0 Å². The smallest absolute Gasteiger partial charge is 0.236 e. The Kier molecular flexibility index (Phi) is 3.31. The Hall–Kier alpha value is -1.20. The number of amides is 2. The van der Waals surface area contributed by atoms with Gasteiger partial charge in [-0.15, -0.1) is 6.58 Å². The summed E-state index contributed by atoms with van der Waals surface area (Å²) in [6.45, 7) is 5.45. The molecule has 17 heavy (non-hydrogen) atoms. The lowest BCUT2D eigenvalue weighted by molar-refractivity contribution is -0.143. The van der Waals surface area contributed by atoms with Crippen LogP contribution >= 0.6 is 0 Å². The maximum atomic E-state index is 12.1. The van der Waals surface area contributed by atoms with Gasteiger partial charge in [0, 0.05) is 0 Å². The predicted molar refractivity (Wildman–Crippen MR) is 59.9 cm³/mol. The van der Waals surface area contributed by atoms with Crippen LogP contribution in [0.5, 0.6) is 0 Å². The van der Waals surface area contributed by atoms with Crippen molar-refractivity contribution in [1.29, 1.82) is 0 Å². The fourth-order valence-electron chi connectivity index (χ4n) is 2.75. The van der Waals surface area contributed by atoms with Gasteiger partial charge in [-0.25, -0.2) is 0 Å². The molecule has 5 heteroatoms. The molecule has 0 aromatic heterocycles. The highest BCUT2D eigenvalue weighted by Crippen LogP contribution is 2.41. The number of carbonyl (C=O) groups is 2. The van der Waals surface area contributed by atoms with Crippen LogP contribution in [0.3, 0.4) is 0 Å². The van der Waals surface area contributed by atoms with Gasteiger partial charge in [-0.05, 0) is 6.42 Å². The van der Waals surface area contributed by atoms with Crippen LogP contribution in [0, 0.1) is 11.8 Å². The first kappa shape index (κ1) is 12.3. The highest BCUT2D eigenvalue weighted by Gasteiger charge is 2.58. The first-order valence-electron chi connectivity index (χ1n) is 5.89. The van der Waals surface area contributed by atoms with Gasteiger partial charge in [0.05, 0.1) is 37.2 Å². The number of aliphatic hydroxyl groups excluding tert-OH is 1. The molecule has 2 unspecified atom stereocenters. The standard InChI is InChI=1S/C12H17NO4/c1-3-7-9-10(8(4-2)17-7)12(16)13(5-6-14)11(9)15/h3,7-10,14H,1,4-6H2,2H3/t7?,8?,9-,10+/m0/s1.